The van der Waals surface area contributed by atoms with Gasteiger partial charge in [-0.05, 0) is 34.6 Å². The van der Waals surface area contributed by atoms with E-state index in [0.717, 1.165) is 36.5 Å². The van der Waals surface area contributed by atoms with Gasteiger partial charge >= 0.3 is 0 Å². The summed E-state index contributed by atoms with van der Waals surface area (Å²) in [6.07, 6.45) is 0.745. The molecule has 24 heavy (non-hydrogen) atoms. The zero-order valence-electron chi connectivity index (χ0n) is 15.1. The molecule has 7 heteroatoms. The highest BCUT2D eigenvalue weighted by Crippen LogP contribution is 2.24. The number of anilines is 1. The van der Waals surface area contributed by atoms with Gasteiger partial charge in [0.05, 0.1) is 22.5 Å². The summed E-state index contributed by atoms with van der Waals surface area (Å²) in [5.74, 6) is 0.199. The Morgan fingerprint density at radius 2 is 2.00 bits per heavy atom. The summed E-state index contributed by atoms with van der Waals surface area (Å²) < 4.78 is 2.09. The minimum absolute atomic E-state index is 0.0415. The van der Waals surface area contributed by atoms with Gasteiger partial charge in [-0.2, -0.15) is 5.10 Å². The minimum Gasteiger partial charge on any atom is -0.369 e. The fraction of sp³-hybridized carbons (Fsp3) is 0.588. The second kappa shape index (κ2) is 5.73. The number of H-pyrrole nitrogens is 1. The Bertz CT molecular complexity index is 827. The average molecular weight is 330 g/mol. The molecule has 0 amide bonds. The molecule has 3 heterocycles. The molecule has 2 aromatic rings. The lowest BCUT2D eigenvalue weighted by atomic mass is 10.0. The number of nitrogens with zero attached hydrogens (tertiary/aromatic N) is 4. The number of nitrogens with one attached hydrogen (secondary N) is 1. The number of aromatic nitrogens is 4. The third-order valence-corrected chi connectivity index (χ3v) is 4.62. The van der Waals surface area contributed by atoms with E-state index in [-0.39, 0.29) is 17.0 Å². The van der Waals surface area contributed by atoms with E-state index in [0.29, 0.717) is 6.54 Å². The molecule has 1 aliphatic rings. The summed E-state index contributed by atoms with van der Waals surface area (Å²) in [5.41, 5.74) is 10.5. The van der Waals surface area contributed by atoms with Crippen LogP contribution in [0.3, 0.4) is 0 Å². The molecule has 0 aliphatic carbocycles. The lowest BCUT2D eigenvalue weighted by molar-refractivity contribution is 0.240. The SMILES string of the molecule is Cc1nn(C(C)(C)C)c(C)c1CN1CCc2nc(N)[nH]c(=O)c2C1. The van der Waals surface area contributed by atoms with E-state index >= 15 is 0 Å². The van der Waals surface area contributed by atoms with Gasteiger partial charge in [-0.3, -0.25) is 19.4 Å². The number of nitrogen functional groups attached to an aromatic ring is 1. The Kier molecular flexibility index (Phi) is 3.99. The van der Waals surface area contributed by atoms with Crippen LogP contribution >= 0.6 is 0 Å². The number of fused-ring (bicyclic) bond motifs is 1. The van der Waals surface area contributed by atoms with Gasteiger partial charge in [0.2, 0.25) is 5.95 Å². The zero-order valence-corrected chi connectivity index (χ0v) is 15.1. The highest BCUT2D eigenvalue weighted by atomic mass is 16.1. The van der Waals surface area contributed by atoms with Gasteiger partial charge in [0.15, 0.2) is 0 Å². The number of aryl methyl sites for hydroxylation is 1. The zero-order chi connectivity index (χ0) is 17.6. The van der Waals surface area contributed by atoms with Crippen LogP contribution in [0.15, 0.2) is 4.79 Å². The fourth-order valence-corrected chi connectivity index (χ4v) is 3.42. The molecule has 3 rings (SSSR count). The molecule has 0 atom stereocenters. The van der Waals surface area contributed by atoms with Crippen LogP contribution < -0.4 is 11.3 Å². The van der Waals surface area contributed by atoms with Crippen LogP contribution in [0.2, 0.25) is 0 Å². The molecule has 130 valence electrons. The van der Waals surface area contributed by atoms with E-state index in [2.05, 4.69) is 54.2 Å². The van der Waals surface area contributed by atoms with Crippen LogP contribution in [0.5, 0.6) is 0 Å². The predicted molar refractivity (Wildman–Crippen MR) is 93.8 cm³/mol. The Balaban J connectivity index is 1.86. The van der Waals surface area contributed by atoms with Gasteiger partial charge in [-0.25, -0.2) is 4.98 Å². The van der Waals surface area contributed by atoms with Crippen LogP contribution in [0.4, 0.5) is 5.95 Å². The first-order valence-electron chi connectivity index (χ1n) is 8.32. The molecule has 0 bridgehead atoms. The average Bonchev–Trinajstić information content (AvgIpc) is 2.76. The van der Waals surface area contributed by atoms with Crippen LogP contribution in [0.1, 0.15) is 49.0 Å². The second-order valence-electron chi connectivity index (χ2n) is 7.57. The Morgan fingerprint density at radius 1 is 1.29 bits per heavy atom. The molecule has 0 saturated carbocycles. The van der Waals surface area contributed by atoms with E-state index in [1.165, 1.54) is 11.3 Å². The van der Waals surface area contributed by atoms with Crippen molar-refractivity contribution in [2.75, 3.05) is 12.3 Å². The predicted octanol–water partition coefficient (Wildman–Crippen LogP) is 1.48. The second-order valence-corrected chi connectivity index (χ2v) is 7.57. The van der Waals surface area contributed by atoms with Gasteiger partial charge in [-0.15, -0.1) is 0 Å². The molecule has 0 saturated heterocycles. The smallest absolute Gasteiger partial charge is 0.257 e. The molecule has 0 unspecified atom stereocenters. The lowest BCUT2D eigenvalue weighted by Gasteiger charge is -2.28. The summed E-state index contributed by atoms with van der Waals surface area (Å²) in [4.78, 5) is 21.3. The summed E-state index contributed by atoms with van der Waals surface area (Å²) >= 11 is 0. The summed E-state index contributed by atoms with van der Waals surface area (Å²) in [5, 5.41) is 4.71. The molecule has 7 nitrogen and oxygen atoms in total. The Hall–Kier alpha value is -2.15. The molecular weight excluding hydrogens is 304 g/mol. The van der Waals surface area contributed by atoms with Crippen molar-refractivity contribution in [1.29, 1.82) is 0 Å². The largest absolute Gasteiger partial charge is 0.369 e. The van der Waals surface area contributed by atoms with Crippen molar-refractivity contribution in [1.82, 2.24) is 24.6 Å². The molecule has 3 N–H and O–H groups in total. The van der Waals surface area contributed by atoms with Crippen LogP contribution in [-0.4, -0.2) is 31.2 Å². The van der Waals surface area contributed by atoms with Gasteiger partial charge in [0.25, 0.3) is 5.56 Å². The molecule has 1 aliphatic heterocycles. The lowest BCUT2D eigenvalue weighted by Crippen LogP contribution is -2.35. The third kappa shape index (κ3) is 2.96. The first-order chi connectivity index (χ1) is 11.2. The van der Waals surface area contributed by atoms with Crippen LogP contribution in [-0.2, 0) is 25.0 Å². The third-order valence-electron chi connectivity index (χ3n) is 4.62. The first kappa shape index (κ1) is 16.7. The molecule has 0 spiro atoms. The standard InChI is InChI=1S/C17H26N6O/c1-10-12(11(2)23(21-10)17(3,4)5)8-22-7-6-14-13(9-22)15(24)20-16(18)19-14/h6-9H2,1-5H3,(H3,18,19,20,24). The van der Waals surface area contributed by atoms with E-state index in [4.69, 9.17) is 10.8 Å². The van der Waals surface area contributed by atoms with Crippen molar-refractivity contribution in [3.8, 4) is 0 Å². The molecule has 0 fully saturated rings. The summed E-state index contributed by atoms with van der Waals surface area (Å²) in [6.45, 7) is 12.9. The van der Waals surface area contributed by atoms with E-state index in [1.54, 1.807) is 0 Å². The number of hydrogen-bond donors (Lipinski definition) is 2. The van der Waals surface area contributed by atoms with Crippen molar-refractivity contribution in [2.45, 2.75) is 59.7 Å². The van der Waals surface area contributed by atoms with E-state index in [1.807, 2.05) is 0 Å². The number of aromatic amines is 1. The summed E-state index contributed by atoms with van der Waals surface area (Å²) in [7, 11) is 0. The van der Waals surface area contributed by atoms with E-state index in [9.17, 15) is 4.79 Å². The monoisotopic (exact) mass is 330 g/mol. The topological polar surface area (TPSA) is 92.8 Å². The maximum Gasteiger partial charge on any atom is 0.257 e. The maximum atomic E-state index is 12.1. The first-order valence-corrected chi connectivity index (χ1v) is 8.32. The van der Waals surface area contributed by atoms with Gasteiger partial charge < -0.3 is 5.73 Å². The van der Waals surface area contributed by atoms with Crippen molar-refractivity contribution in [2.24, 2.45) is 0 Å². The highest BCUT2D eigenvalue weighted by molar-refractivity contribution is 5.29. The van der Waals surface area contributed by atoms with Crippen molar-refractivity contribution >= 4 is 5.95 Å². The van der Waals surface area contributed by atoms with Gasteiger partial charge in [0.1, 0.15) is 0 Å². The molecule has 0 radical (unpaired) electrons. The Morgan fingerprint density at radius 3 is 2.62 bits per heavy atom. The fourth-order valence-electron chi connectivity index (χ4n) is 3.42. The van der Waals surface area contributed by atoms with Gasteiger partial charge in [-0.1, -0.05) is 0 Å². The number of nitrogens with two attached hydrogens (primary N) is 1. The van der Waals surface area contributed by atoms with Crippen LogP contribution in [0.25, 0.3) is 0 Å². The quantitative estimate of drug-likeness (QED) is 0.870. The number of hydrogen-bond acceptors (Lipinski definition) is 5. The summed E-state index contributed by atoms with van der Waals surface area (Å²) in [6, 6.07) is 0. The van der Waals surface area contributed by atoms with Crippen molar-refractivity contribution < 1.29 is 0 Å². The highest BCUT2D eigenvalue weighted by Gasteiger charge is 2.25. The van der Waals surface area contributed by atoms with Crippen molar-refractivity contribution in [3.05, 3.63) is 38.6 Å². The number of rotatable bonds is 2. The van der Waals surface area contributed by atoms with Crippen molar-refractivity contribution in [3.63, 3.8) is 0 Å². The van der Waals surface area contributed by atoms with Crippen LogP contribution in [0, 0.1) is 13.8 Å². The maximum absolute atomic E-state index is 12.1. The normalized spacial score (nSPS) is 15.5. The van der Waals surface area contributed by atoms with E-state index < -0.39 is 0 Å². The molecule has 2 aromatic heterocycles. The Labute approximate surface area is 141 Å². The van der Waals surface area contributed by atoms with Gasteiger partial charge in [0, 0.05) is 37.3 Å². The molecule has 0 aromatic carbocycles. The minimum atomic E-state index is -0.124. The molecular formula is C17H26N6O.